The van der Waals surface area contributed by atoms with Crippen molar-refractivity contribution >= 4 is 17.7 Å². The van der Waals surface area contributed by atoms with Crippen LogP contribution in [-0.2, 0) is 4.79 Å². The summed E-state index contributed by atoms with van der Waals surface area (Å²) in [4.78, 5) is 17.3. The molecule has 0 aliphatic carbocycles. The van der Waals surface area contributed by atoms with E-state index in [1.807, 2.05) is 11.8 Å². The molecule has 3 aliphatic heterocycles. The Labute approximate surface area is 113 Å². The quantitative estimate of drug-likeness (QED) is 0.747. The standard InChI is InChI=1S/C13H23N3OS/c1-10-7-15-5-2-3-11(15)8-16(10)13(17)12-9-18-6-4-14-12/h10-12,14H,2-9H2,1H3. The minimum Gasteiger partial charge on any atom is -0.336 e. The Hall–Kier alpha value is -0.260. The summed E-state index contributed by atoms with van der Waals surface area (Å²) >= 11 is 1.90. The Morgan fingerprint density at radius 1 is 1.39 bits per heavy atom. The minimum absolute atomic E-state index is 0.0548. The molecule has 0 bridgehead atoms. The van der Waals surface area contributed by atoms with E-state index in [-0.39, 0.29) is 6.04 Å². The Balaban J connectivity index is 1.65. The van der Waals surface area contributed by atoms with Gasteiger partial charge in [-0.2, -0.15) is 11.8 Å². The second kappa shape index (κ2) is 5.39. The fourth-order valence-electron chi connectivity index (χ4n) is 3.42. The third-order valence-corrected chi connectivity index (χ3v) is 5.50. The summed E-state index contributed by atoms with van der Waals surface area (Å²) < 4.78 is 0. The number of carbonyl (C=O) groups excluding carboxylic acids is 1. The van der Waals surface area contributed by atoms with E-state index in [1.54, 1.807) is 0 Å². The molecule has 0 spiro atoms. The number of nitrogens with zero attached hydrogens (tertiary/aromatic N) is 2. The summed E-state index contributed by atoms with van der Waals surface area (Å²) in [6.45, 7) is 6.41. The molecular formula is C13H23N3OS. The lowest BCUT2D eigenvalue weighted by Gasteiger charge is -2.43. The molecule has 3 rings (SSSR count). The number of rotatable bonds is 1. The van der Waals surface area contributed by atoms with Gasteiger partial charge in [0.1, 0.15) is 0 Å². The molecule has 3 heterocycles. The smallest absolute Gasteiger partial charge is 0.240 e. The van der Waals surface area contributed by atoms with Gasteiger partial charge in [0, 0.05) is 43.2 Å². The zero-order valence-corrected chi connectivity index (χ0v) is 11.9. The summed E-state index contributed by atoms with van der Waals surface area (Å²) in [6, 6.07) is 1.06. The van der Waals surface area contributed by atoms with E-state index in [0.717, 1.165) is 31.1 Å². The van der Waals surface area contributed by atoms with Crippen LogP contribution in [0.15, 0.2) is 0 Å². The van der Waals surface area contributed by atoms with Crippen molar-refractivity contribution in [3.8, 4) is 0 Å². The van der Waals surface area contributed by atoms with Crippen LogP contribution in [-0.4, -0.2) is 71.5 Å². The Morgan fingerprint density at radius 2 is 2.28 bits per heavy atom. The molecule has 3 atom stereocenters. The first kappa shape index (κ1) is 12.8. The average molecular weight is 269 g/mol. The van der Waals surface area contributed by atoms with E-state index in [2.05, 4.69) is 22.0 Å². The van der Waals surface area contributed by atoms with Gasteiger partial charge in [-0.25, -0.2) is 0 Å². The highest BCUT2D eigenvalue weighted by Crippen LogP contribution is 2.25. The molecule has 0 saturated carbocycles. The van der Waals surface area contributed by atoms with Gasteiger partial charge in [0.15, 0.2) is 0 Å². The maximum absolute atomic E-state index is 12.6. The molecule has 4 nitrogen and oxygen atoms in total. The van der Waals surface area contributed by atoms with Crippen molar-refractivity contribution < 1.29 is 4.79 Å². The predicted octanol–water partition coefficient (Wildman–Crippen LogP) is 0.387. The van der Waals surface area contributed by atoms with E-state index < -0.39 is 0 Å². The van der Waals surface area contributed by atoms with E-state index in [1.165, 1.54) is 19.4 Å². The van der Waals surface area contributed by atoms with Crippen LogP contribution < -0.4 is 5.32 Å². The topological polar surface area (TPSA) is 35.6 Å². The van der Waals surface area contributed by atoms with Crippen molar-refractivity contribution in [3.63, 3.8) is 0 Å². The summed E-state index contributed by atoms with van der Waals surface area (Å²) in [6.07, 6.45) is 2.57. The van der Waals surface area contributed by atoms with Crippen LogP contribution in [0.3, 0.4) is 0 Å². The summed E-state index contributed by atoms with van der Waals surface area (Å²) in [5.74, 6) is 2.41. The first-order chi connectivity index (χ1) is 8.75. The molecule has 0 aromatic carbocycles. The van der Waals surface area contributed by atoms with Crippen molar-refractivity contribution in [2.75, 3.05) is 37.7 Å². The molecule has 3 fully saturated rings. The number of carbonyl (C=O) groups is 1. The highest BCUT2D eigenvalue weighted by molar-refractivity contribution is 7.99. The lowest BCUT2D eigenvalue weighted by atomic mass is 10.1. The number of fused-ring (bicyclic) bond motifs is 1. The number of amides is 1. The molecule has 1 amide bonds. The Morgan fingerprint density at radius 3 is 3.06 bits per heavy atom. The lowest BCUT2D eigenvalue weighted by molar-refractivity contribution is -0.138. The lowest BCUT2D eigenvalue weighted by Crippen LogP contribution is -2.61. The molecule has 3 aliphatic rings. The molecule has 5 heteroatoms. The van der Waals surface area contributed by atoms with Crippen LogP contribution in [0.4, 0.5) is 0 Å². The molecule has 0 aromatic heterocycles. The van der Waals surface area contributed by atoms with Crippen LogP contribution in [0, 0.1) is 0 Å². The second-order valence-corrected chi connectivity index (χ2v) is 6.86. The number of piperazine rings is 1. The highest BCUT2D eigenvalue weighted by atomic mass is 32.2. The van der Waals surface area contributed by atoms with Crippen LogP contribution in [0.25, 0.3) is 0 Å². The number of hydrogen-bond donors (Lipinski definition) is 1. The maximum atomic E-state index is 12.6. The van der Waals surface area contributed by atoms with Crippen LogP contribution in [0.5, 0.6) is 0 Å². The van der Waals surface area contributed by atoms with Crippen LogP contribution >= 0.6 is 11.8 Å². The van der Waals surface area contributed by atoms with E-state index in [4.69, 9.17) is 0 Å². The molecular weight excluding hydrogens is 246 g/mol. The minimum atomic E-state index is 0.0548. The number of thioether (sulfide) groups is 1. The fourth-order valence-corrected chi connectivity index (χ4v) is 4.34. The van der Waals surface area contributed by atoms with Gasteiger partial charge in [-0.15, -0.1) is 0 Å². The van der Waals surface area contributed by atoms with Crippen molar-refractivity contribution in [2.24, 2.45) is 0 Å². The molecule has 102 valence electrons. The van der Waals surface area contributed by atoms with E-state index in [9.17, 15) is 4.79 Å². The third kappa shape index (κ3) is 2.40. The average Bonchev–Trinajstić information content (AvgIpc) is 2.85. The van der Waals surface area contributed by atoms with Crippen molar-refractivity contribution in [1.82, 2.24) is 15.1 Å². The van der Waals surface area contributed by atoms with Gasteiger partial charge in [-0.05, 0) is 26.3 Å². The normalized spacial score (nSPS) is 37.6. The molecule has 3 unspecified atom stereocenters. The molecule has 1 N–H and O–H groups in total. The number of nitrogens with one attached hydrogen (secondary N) is 1. The van der Waals surface area contributed by atoms with E-state index in [0.29, 0.717) is 18.0 Å². The van der Waals surface area contributed by atoms with Crippen molar-refractivity contribution in [3.05, 3.63) is 0 Å². The zero-order valence-electron chi connectivity index (χ0n) is 11.1. The molecule has 0 radical (unpaired) electrons. The monoisotopic (exact) mass is 269 g/mol. The third-order valence-electron chi connectivity index (χ3n) is 4.44. The summed E-state index contributed by atoms with van der Waals surface area (Å²) in [5.41, 5.74) is 0. The van der Waals surface area contributed by atoms with E-state index >= 15 is 0 Å². The predicted molar refractivity (Wildman–Crippen MR) is 74.9 cm³/mol. The second-order valence-electron chi connectivity index (χ2n) is 5.71. The summed E-state index contributed by atoms with van der Waals surface area (Å²) in [7, 11) is 0. The molecule has 3 saturated heterocycles. The van der Waals surface area contributed by atoms with Gasteiger partial charge in [-0.1, -0.05) is 0 Å². The van der Waals surface area contributed by atoms with Gasteiger partial charge in [0.25, 0.3) is 0 Å². The van der Waals surface area contributed by atoms with Crippen LogP contribution in [0.1, 0.15) is 19.8 Å². The van der Waals surface area contributed by atoms with Gasteiger partial charge in [-0.3, -0.25) is 9.69 Å². The Bertz CT molecular complexity index is 319. The SMILES string of the molecule is CC1CN2CCCC2CN1C(=O)C1CSCCN1. The fraction of sp³-hybridized carbons (Fsp3) is 0.923. The number of hydrogen-bond acceptors (Lipinski definition) is 4. The van der Waals surface area contributed by atoms with Gasteiger partial charge in [0.2, 0.25) is 5.91 Å². The molecule has 0 aromatic rings. The van der Waals surface area contributed by atoms with Crippen molar-refractivity contribution in [1.29, 1.82) is 0 Å². The summed E-state index contributed by atoms with van der Waals surface area (Å²) in [5, 5.41) is 3.37. The maximum Gasteiger partial charge on any atom is 0.240 e. The first-order valence-electron chi connectivity index (χ1n) is 7.11. The van der Waals surface area contributed by atoms with Gasteiger partial charge < -0.3 is 10.2 Å². The molecule has 18 heavy (non-hydrogen) atoms. The largest absolute Gasteiger partial charge is 0.336 e. The zero-order chi connectivity index (χ0) is 12.5. The van der Waals surface area contributed by atoms with Crippen LogP contribution in [0.2, 0.25) is 0 Å². The Kier molecular flexibility index (Phi) is 3.82. The van der Waals surface area contributed by atoms with Crippen molar-refractivity contribution in [2.45, 2.75) is 37.9 Å². The van der Waals surface area contributed by atoms with Gasteiger partial charge in [0.05, 0.1) is 6.04 Å². The van der Waals surface area contributed by atoms with Gasteiger partial charge >= 0.3 is 0 Å². The first-order valence-corrected chi connectivity index (χ1v) is 8.27. The highest BCUT2D eigenvalue weighted by Gasteiger charge is 2.38.